The second-order valence-electron chi connectivity index (χ2n) is 9.36. The lowest BCUT2D eigenvalue weighted by Gasteiger charge is -2.16. The molecule has 0 saturated heterocycles. The van der Waals surface area contributed by atoms with Crippen molar-refractivity contribution in [1.29, 1.82) is 0 Å². The van der Waals surface area contributed by atoms with Crippen LogP contribution in [0.3, 0.4) is 0 Å². The van der Waals surface area contributed by atoms with E-state index in [1.807, 2.05) is 0 Å². The number of hydrogen-bond donors (Lipinski definition) is 5. The smallest absolute Gasteiger partial charge is 0.326 e. The number of carbonyl (C=O) groups is 4. The highest BCUT2D eigenvalue weighted by molar-refractivity contribution is 6.40. The third kappa shape index (κ3) is 8.26. The summed E-state index contributed by atoms with van der Waals surface area (Å²) in [5.41, 5.74) is 2.01. The number of phenolic OH excluding ortho intramolecular Hbond substituents is 1. The maximum Gasteiger partial charge on any atom is 0.326 e. The van der Waals surface area contributed by atoms with Crippen molar-refractivity contribution in [3.8, 4) is 5.75 Å². The molecule has 0 aliphatic carbocycles. The van der Waals surface area contributed by atoms with E-state index in [4.69, 9.17) is 34.8 Å². The molecule has 5 N–H and O–H groups in total. The lowest BCUT2D eigenvalue weighted by molar-refractivity contribution is -0.139. The first-order chi connectivity index (χ1) is 20.5. The fourth-order valence-electron chi connectivity index (χ4n) is 4.10. The highest BCUT2D eigenvalue weighted by atomic mass is 35.5. The molecule has 0 aliphatic heterocycles. The molecule has 0 fully saturated rings. The number of halogens is 3. The van der Waals surface area contributed by atoms with Gasteiger partial charge in [-0.3, -0.25) is 14.4 Å². The van der Waals surface area contributed by atoms with Crippen molar-refractivity contribution in [2.45, 2.75) is 19.0 Å². The SMILES string of the molecule is O=C(NCc1cccc(O)c1)c1ccc(C(=O)NC(Cc2ccc(NC(=O)c3c(Cl)cccc3Cl)cc2)C(=O)O)c(Cl)c1. The summed E-state index contributed by atoms with van der Waals surface area (Å²) in [5, 5.41) is 27.5. The zero-order chi connectivity index (χ0) is 31.1. The number of carboxylic acids is 1. The van der Waals surface area contributed by atoms with Gasteiger partial charge in [0, 0.05) is 24.2 Å². The van der Waals surface area contributed by atoms with Crippen molar-refractivity contribution in [2.75, 3.05) is 5.32 Å². The molecule has 12 heteroatoms. The minimum Gasteiger partial charge on any atom is -0.508 e. The van der Waals surface area contributed by atoms with Gasteiger partial charge >= 0.3 is 5.97 Å². The number of hydrogen-bond acceptors (Lipinski definition) is 5. The Hall–Kier alpha value is -4.57. The van der Waals surface area contributed by atoms with E-state index >= 15 is 0 Å². The second kappa shape index (κ2) is 14.1. The second-order valence-corrected chi connectivity index (χ2v) is 10.6. The van der Waals surface area contributed by atoms with E-state index in [1.165, 1.54) is 30.3 Å². The molecule has 0 aromatic heterocycles. The van der Waals surface area contributed by atoms with Crippen LogP contribution in [0, 0.1) is 0 Å². The Labute approximate surface area is 261 Å². The fraction of sp³-hybridized carbons (Fsp3) is 0.0968. The number of nitrogens with one attached hydrogen (secondary N) is 3. The van der Waals surface area contributed by atoms with E-state index in [2.05, 4.69) is 16.0 Å². The normalized spacial score (nSPS) is 11.3. The maximum atomic E-state index is 12.9. The lowest BCUT2D eigenvalue weighted by Crippen LogP contribution is -2.42. The molecule has 0 radical (unpaired) electrons. The van der Waals surface area contributed by atoms with Gasteiger partial charge in [-0.15, -0.1) is 0 Å². The predicted molar refractivity (Wildman–Crippen MR) is 164 cm³/mol. The average Bonchev–Trinajstić information content (AvgIpc) is 2.96. The van der Waals surface area contributed by atoms with Gasteiger partial charge < -0.3 is 26.2 Å². The summed E-state index contributed by atoms with van der Waals surface area (Å²) in [7, 11) is 0. The van der Waals surface area contributed by atoms with E-state index in [-0.39, 0.29) is 50.5 Å². The first kappa shape index (κ1) is 31.4. The number of carboxylic acid groups (broad SMARTS) is 1. The summed E-state index contributed by atoms with van der Waals surface area (Å²) in [4.78, 5) is 50.0. The predicted octanol–water partition coefficient (Wildman–Crippen LogP) is 5.96. The Morgan fingerprint density at radius 1 is 0.721 bits per heavy atom. The van der Waals surface area contributed by atoms with E-state index in [9.17, 15) is 29.4 Å². The molecule has 9 nitrogen and oxygen atoms in total. The lowest BCUT2D eigenvalue weighted by atomic mass is 10.0. The molecule has 0 saturated carbocycles. The maximum absolute atomic E-state index is 12.9. The molecule has 0 heterocycles. The molecule has 3 amide bonds. The molecule has 0 aliphatic rings. The van der Waals surface area contributed by atoms with Crippen molar-refractivity contribution in [3.05, 3.63) is 128 Å². The van der Waals surface area contributed by atoms with E-state index in [0.717, 1.165) is 0 Å². The minimum atomic E-state index is -1.30. The quantitative estimate of drug-likeness (QED) is 0.145. The molecule has 4 aromatic carbocycles. The summed E-state index contributed by atoms with van der Waals surface area (Å²) in [6, 6.07) is 20.3. The van der Waals surface area contributed by atoms with Crippen LogP contribution < -0.4 is 16.0 Å². The van der Waals surface area contributed by atoms with Gasteiger partial charge in [0.25, 0.3) is 17.7 Å². The highest BCUT2D eigenvalue weighted by Gasteiger charge is 2.23. The van der Waals surface area contributed by atoms with Gasteiger partial charge in [-0.1, -0.05) is 65.1 Å². The largest absolute Gasteiger partial charge is 0.508 e. The molecule has 0 spiro atoms. The number of rotatable bonds is 10. The van der Waals surface area contributed by atoms with Crippen molar-refractivity contribution in [3.63, 3.8) is 0 Å². The number of aliphatic carboxylic acids is 1. The number of benzene rings is 4. The molecule has 1 atom stereocenters. The van der Waals surface area contributed by atoms with Crippen LogP contribution in [0.1, 0.15) is 42.2 Å². The van der Waals surface area contributed by atoms with Gasteiger partial charge in [-0.05, 0) is 65.7 Å². The standard InChI is InChI=1S/C31H24Cl3N3O6/c32-23-5-2-6-24(33)27(23)30(41)36-20-10-7-17(8-11-20)14-26(31(42)43)37-29(40)22-12-9-19(15-25(22)34)28(39)35-16-18-3-1-4-21(38)13-18/h1-13,15,26,38H,14,16H2,(H,35,39)(H,36,41)(H,37,40)(H,42,43). The molecule has 4 aromatic rings. The van der Waals surface area contributed by atoms with Gasteiger partial charge in [0.05, 0.1) is 26.2 Å². The van der Waals surface area contributed by atoms with Crippen molar-refractivity contribution >= 4 is 64.2 Å². The summed E-state index contributed by atoms with van der Waals surface area (Å²) in [5.74, 6) is -2.88. The zero-order valence-electron chi connectivity index (χ0n) is 22.2. The third-order valence-electron chi connectivity index (χ3n) is 6.28. The topological polar surface area (TPSA) is 145 Å². The van der Waals surface area contributed by atoms with Crippen LogP contribution in [0.5, 0.6) is 5.75 Å². The van der Waals surface area contributed by atoms with Crippen LogP contribution in [0.4, 0.5) is 5.69 Å². The van der Waals surface area contributed by atoms with Gasteiger partial charge in [0.15, 0.2) is 0 Å². The van der Waals surface area contributed by atoms with E-state index in [0.29, 0.717) is 16.8 Å². The van der Waals surface area contributed by atoms with Crippen molar-refractivity contribution in [2.24, 2.45) is 0 Å². The zero-order valence-corrected chi connectivity index (χ0v) is 24.5. The molecule has 1 unspecified atom stereocenters. The number of phenols is 1. The Morgan fingerprint density at radius 3 is 2.02 bits per heavy atom. The molecular formula is C31H24Cl3N3O6. The summed E-state index contributed by atoms with van der Waals surface area (Å²) in [6.45, 7) is 0.163. The van der Waals surface area contributed by atoms with Crippen molar-refractivity contribution < 1.29 is 29.4 Å². The van der Waals surface area contributed by atoms with E-state index in [1.54, 1.807) is 54.6 Å². The van der Waals surface area contributed by atoms with Crippen LogP contribution in [0.25, 0.3) is 0 Å². The monoisotopic (exact) mass is 639 g/mol. The Kier molecular flexibility index (Phi) is 10.3. The molecule has 43 heavy (non-hydrogen) atoms. The number of anilines is 1. The summed E-state index contributed by atoms with van der Waals surface area (Å²) >= 11 is 18.5. The number of carbonyl (C=O) groups excluding carboxylic acids is 3. The van der Waals surface area contributed by atoms with Gasteiger partial charge in [0.2, 0.25) is 0 Å². The first-order valence-electron chi connectivity index (χ1n) is 12.8. The number of aromatic hydroxyl groups is 1. The minimum absolute atomic E-state index is 0.00579. The number of amides is 3. The third-order valence-corrected chi connectivity index (χ3v) is 7.23. The van der Waals surface area contributed by atoms with E-state index < -0.39 is 29.7 Å². The first-order valence-corrected chi connectivity index (χ1v) is 13.9. The Balaban J connectivity index is 1.37. The van der Waals surface area contributed by atoms with Gasteiger partial charge in [0.1, 0.15) is 11.8 Å². The van der Waals surface area contributed by atoms with Crippen LogP contribution in [-0.2, 0) is 17.8 Å². The highest BCUT2D eigenvalue weighted by Crippen LogP contribution is 2.25. The molecule has 4 rings (SSSR count). The van der Waals surface area contributed by atoms with Gasteiger partial charge in [-0.2, -0.15) is 0 Å². The van der Waals surface area contributed by atoms with Crippen LogP contribution in [-0.4, -0.2) is 39.9 Å². The van der Waals surface area contributed by atoms with Gasteiger partial charge in [-0.25, -0.2) is 4.79 Å². The molecule has 0 bridgehead atoms. The van der Waals surface area contributed by atoms with Crippen molar-refractivity contribution in [1.82, 2.24) is 10.6 Å². The summed E-state index contributed by atoms with van der Waals surface area (Å²) < 4.78 is 0. The fourth-order valence-corrected chi connectivity index (χ4v) is 4.93. The van der Waals surface area contributed by atoms with Crippen LogP contribution in [0.15, 0.2) is 84.9 Å². The molecular weight excluding hydrogens is 617 g/mol. The van der Waals surface area contributed by atoms with Crippen LogP contribution in [0.2, 0.25) is 15.1 Å². The van der Waals surface area contributed by atoms with Crippen LogP contribution >= 0.6 is 34.8 Å². The molecule has 220 valence electrons. The average molecular weight is 641 g/mol. The Bertz CT molecular complexity index is 1670. The Morgan fingerprint density at radius 2 is 1.40 bits per heavy atom. The summed E-state index contributed by atoms with van der Waals surface area (Å²) in [6.07, 6.45) is -0.0568.